The van der Waals surface area contributed by atoms with Crippen LogP contribution < -0.4 is 5.32 Å². The lowest BCUT2D eigenvalue weighted by Gasteiger charge is -2.08. The van der Waals surface area contributed by atoms with Crippen molar-refractivity contribution >= 4 is 16.8 Å². The summed E-state index contributed by atoms with van der Waals surface area (Å²) in [6, 6.07) is 11.5. The van der Waals surface area contributed by atoms with Crippen LogP contribution in [-0.2, 0) is 17.8 Å². The van der Waals surface area contributed by atoms with Gasteiger partial charge in [0.15, 0.2) is 0 Å². The number of benzene rings is 1. The molecule has 0 saturated heterocycles. The second kappa shape index (κ2) is 8.51. The van der Waals surface area contributed by atoms with E-state index < -0.39 is 0 Å². The van der Waals surface area contributed by atoms with Crippen molar-refractivity contribution in [3.63, 3.8) is 0 Å². The van der Waals surface area contributed by atoms with Crippen molar-refractivity contribution in [1.82, 2.24) is 25.1 Å². The summed E-state index contributed by atoms with van der Waals surface area (Å²) in [5.74, 6) is -0.113. The summed E-state index contributed by atoms with van der Waals surface area (Å²) in [4.78, 5) is 20.4. The molecule has 0 unspecified atom stereocenters. The van der Waals surface area contributed by atoms with Crippen LogP contribution in [0.5, 0.6) is 0 Å². The molecule has 0 fully saturated rings. The number of hydrogen-bond donors (Lipinski definition) is 2. The maximum Gasteiger partial charge on any atom is 0.251 e. The number of rotatable bonds is 7. The second-order valence-electron chi connectivity index (χ2n) is 7.22. The first-order chi connectivity index (χ1) is 14.6. The zero-order valence-electron chi connectivity index (χ0n) is 17.4. The van der Waals surface area contributed by atoms with Crippen LogP contribution in [0.4, 0.5) is 0 Å². The molecule has 3 aromatic heterocycles. The minimum atomic E-state index is -0.113. The third-order valence-electron chi connectivity index (χ3n) is 5.36. The summed E-state index contributed by atoms with van der Waals surface area (Å²) in [5, 5.41) is 8.61. The minimum Gasteiger partial charge on any atom is -0.383 e. The summed E-state index contributed by atoms with van der Waals surface area (Å²) in [6.45, 7) is 5.71. The first-order valence-electron chi connectivity index (χ1n) is 9.91. The largest absolute Gasteiger partial charge is 0.383 e. The Balaban J connectivity index is 1.46. The van der Waals surface area contributed by atoms with Crippen molar-refractivity contribution in [2.45, 2.75) is 26.9 Å². The number of nitrogens with one attached hydrogen (secondary N) is 2. The number of hydrogen-bond acceptors (Lipinski definition) is 4. The molecule has 0 bridgehead atoms. The monoisotopic (exact) mass is 403 g/mol. The predicted octanol–water partition coefficient (Wildman–Crippen LogP) is 3.62. The molecule has 154 valence electrons. The molecule has 7 nitrogen and oxygen atoms in total. The highest BCUT2D eigenvalue weighted by molar-refractivity contribution is 5.96. The Morgan fingerprint density at radius 3 is 2.73 bits per heavy atom. The van der Waals surface area contributed by atoms with Crippen molar-refractivity contribution in [3.8, 4) is 11.3 Å². The van der Waals surface area contributed by atoms with E-state index in [4.69, 9.17) is 4.74 Å². The van der Waals surface area contributed by atoms with Gasteiger partial charge in [-0.1, -0.05) is 12.1 Å². The standard InChI is InChI=1S/C23H25N5O2/c1-15-20(16(2)28(27-15)12-13-30-3)14-26-23(29)18-6-4-17(5-7-18)22-19-8-10-24-21(19)9-11-25-22/h4-11,24H,12-14H2,1-3H3,(H,26,29). The summed E-state index contributed by atoms with van der Waals surface area (Å²) >= 11 is 0. The van der Waals surface area contributed by atoms with Crippen LogP contribution >= 0.6 is 0 Å². The Morgan fingerprint density at radius 2 is 1.97 bits per heavy atom. The van der Waals surface area contributed by atoms with Crippen LogP contribution in [-0.4, -0.2) is 39.4 Å². The lowest BCUT2D eigenvalue weighted by Crippen LogP contribution is -2.23. The molecule has 0 aliphatic heterocycles. The van der Waals surface area contributed by atoms with Crippen LogP contribution in [0.15, 0.2) is 48.8 Å². The van der Waals surface area contributed by atoms with Gasteiger partial charge in [-0.15, -0.1) is 0 Å². The third-order valence-corrected chi connectivity index (χ3v) is 5.36. The normalized spacial score (nSPS) is 11.2. The Hall–Kier alpha value is -3.45. The number of amides is 1. The second-order valence-corrected chi connectivity index (χ2v) is 7.22. The number of ether oxygens (including phenoxy) is 1. The number of methoxy groups -OCH3 is 1. The van der Waals surface area contributed by atoms with E-state index in [1.165, 1.54) is 0 Å². The number of aryl methyl sites for hydroxylation is 1. The first kappa shape index (κ1) is 19.8. The van der Waals surface area contributed by atoms with E-state index in [0.29, 0.717) is 25.3 Å². The molecule has 7 heteroatoms. The van der Waals surface area contributed by atoms with Crippen molar-refractivity contribution in [1.29, 1.82) is 0 Å². The number of pyridine rings is 1. The lowest BCUT2D eigenvalue weighted by molar-refractivity contribution is 0.0951. The van der Waals surface area contributed by atoms with Crippen LogP contribution in [0.1, 0.15) is 27.3 Å². The maximum atomic E-state index is 12.7. The van der Waals surface area contributed by atoms with Gasteiger partial charge in [0.2, 0.25) is 0 Å². The summed E-state index contributed by atoms with van der Waals surface area (Å²) < 4.78 is 7.05. The minimum absolute atomic E-state index is 0.113. The maximum absolute atomic E-state index is 12.7. The highest BCUT2D eigenvalue weighted by atomic mass is 16.5. The molecule has 0 radical (unpaired) electrons. The van der Waals surface area contributed by atoms with E-state index in [2.05, 4.69) is 20.4 Å². The lowest BCUT2D eigenvalue weighted by atomic mass is 10.1. The Bertz CT molecular complexity index is 1170. The van der Waals surface area contributed by atoms with E-state index in [1.807, 2.05) is 61.1 Å². The van der Waals surface area contributed by atoms with Gasteiger partial charge in [0.1, 0.15) is 0 Å². The predicted molar refractivity (Wildman–Crippen MR) is 116 cm³/mol. The number of aromatic amines is 1. The van der Waals surface area contributed by atoms with Crippen LogP contribution in [0, 0.1) is 13.8 Å². The molecule has 1 amide bonds. The molecule has 0 atom stereocenters. The van der Waals surface area contributed by atoms with Gasteiger partial charge < -0.3 is 15.0 Å². The van der Waals surface area contributed by atoms with Gasteiger partial charge in [-0.05, 0) is 38.1 Å². The molecule has 0 aliphatic carbocycles. The molecular weight excluding hydrogens is 378 g/mol. The Kier molecular flexibility index (Phi) is 5.63. The molecule has 30 heavy (non-hydrogen) atoms. The van der Waals surface area contributed by atoms with E-state index >= 15 is 0 Å². The van der Waals surface area contributed by atoms with Crippen LogP contribution in [0.3, 0.4) is 0 Å². The van der Waals surface area contributed by atoms with E-state index in [1.54, 1.807) is 13.3 Å². The average Bonchev–Trinajstić information content (AvgIpc) is 3.35. The first-order valence-corrected chi connectivity index (χ1v) is 9.91. The molecule has 1 aromatic carbocycles. The number of H-pyrrole nitrogens is 1. The van der Waals surface area contributed by atoms with Crippen molar-refractivity contribution in [2.24, 2.45) is 0 Å². The summed E-state index contributed by atoms with van der Waals surface area (Å²) in [7, 11) is 1.67. The van der Waals surface area contributed by atoms with Gasteiger partial charge in [-0.2, -0.15) is 5.10 Å². The number of fused-ring (bicyclic) bond motifs is 1. The Labute approximate surface area is 175 Å². The van der Waals surface area contributed by atoms with Gasteiger partial charge in [-0.3, -0.25) is 14.5 Å². The van der Waals surface area contributed by atoms with Crippen molar-refractivity contribution < 1.29 is 9.53 Å². The number of aromatic nitrogens is 4. The fraction of sp³-hybridized carbons (Fsp3) is 0.261. The van der Waals surface area contributed by atoms with Gasteiger partial charge in [0, 0.05) is 59.3 Å². The molecule has 2 N–H and O–H groups in total. The van der Waals surface area contributed by atoms with Gasteiger partial charge in [0.05, 0.1) is 24.5 Å². The number of nitrogens with zero attached hydrogens (tertiary/aromatic N) is 3. The van der Waals surface area contributed by atoms with Gasteiger partial charge in [0.25, 0.3) is 5.91 Å². The molecule has 4 aromatic rings. The van der Waals surface area contributed by atoms with Crippen LogP contribution in [0.2, 0.25) is 0 Å². The van der Waals surface area contributed by atoms with Crippen molar-refractivity contribution in [2.75, 3.05) is 13.7 Å². The molecule has 0 saturated carbocycles. The highest BCUT2D eigenvalue weighted by Gasteiger charge is 2.14. The van der Waals surface area contributed by atoms with E-state index in [0.717, 1.165) is 39.1 Å². The zero-order chi connectivity index (χ0) is 21.1. The summed E-state index contributed by atoms with van der Waals surface area (Å²) in [5.41, 5.74) is 6.54. The SMILES string of the molecule is COCCn1nc(C)c(CNC(=O)c2ccc(-c3nccc4[nH]ccc34)cc2)c1C. The quantitative estimate of drug-likeness (QED) is 0.494. The Morgan fingerprint density at radius 1 is 1.17 bits per heavy atom. The molecule has 3 heterocycles. The molecule has 4 rings (SSSR count). The van der Waals surface area contributed by atoms with Gasteiger partial charge >= 0.3 is 0 Å². The summed E-state index contributed by atoms with van der Waals surface area (Å²) in [6.07, 6.45) is 3.69. The van der Waals surface area contributed by atoms with E-state index in [-0.39, 0.29) is 5.91 Å². The molecule has 0 aliphatic rings. The zero-order valence-corrected chi connectivity index (χ0v) is 17.4. The topological polar surface area (TPSA) is 84.8 Å². The third kappa shape index (κ3) is 3.84. The average molecular weight is 403 g/mol. The van der Waals surface area contributed by atoms with Gasteiger partial charge in [-0.25, -0.2) is 0 Å². The smallest absolute Gasteiger partial charge is 0.251 e. The fourth-order valence-electron chi connectivity index (χ4n) is 3.65. The fourth-order valence-corrected chi connectivity index (χ4v) is 3.65. The molecular formula is C23H25N5O2. The highest BCUT2D eigenvalue weighted by Crippen LogP contribution is 2.26. The van der Waals surface area contributed by atoms with E-state index in [9.17, 15) is 4.79 Å². The number of carbonyl (C=O) groups excluding carboxylic acids is 1. The number of carbonyl (C=O) groups is 1. The molecule has 0 spiro atoms. The van der Waals surface area contributed by atoms with Crippen molar-refractivity contribution in [3.05, 3.63) is 71.3 Å². The van der Waals surface area contributed by atoms with Crippen LogP contribution in [0.25, 0.3) is 22.2 Å².